The number of carbonyl (C=O) groups excluding carboxylic acids is 1. The summed E-state index contributed by atoms with van der Waals surface area (Å²) in [5, 5.41) is 10.6. The van der Waals surface area contributed by atoms with E-state index in [1.165, 1.54) is 38.5 Å². The van der Waals surface area contributed by atoms with E-state index in [9.17, 15) is 9.90 Å². The van der Waals surface area contributed by atoms with Gasteiger partial charge in [-0.25, -0.2) is 0 Å². The number of ether oxygens (including phenoxy) is 3. The predicted molar refractivity (Wildman–Crippen MR) is 70.2 cm³/mol. The van der Waals surface area contributed by atoms with Crippen LogP contribution >= 0.6 is 0 Å². The third-order valence-corrected chi connectivity index (χ3v) is 2.60. The van der Waals surface area contributed by atoms with E-state index in [0.29, 0.717) is 23.3 Å². The van der Waals surface area contributed by atoms with E-state index in [0.717, 1.165) is 0 Å². The van der Waals surface area contributed by atoms with Crippen LogP contribution in [-0.2, 0) is 6.61 Å². The monoisotopic (exact) mass is 289 g/mol. The molecule has 21 heavy (non-hydrogen) atoms. The van der Waals surface area contributed by atoms with Gasteiger partial charge in [-0.1, -0.05) is 0 Å². The molecule has 0 saturated heterocycles. The van der Waals surface area contributed by atoms with Crippen molar-refractivity contribution in [1.29, 1.82) is 0 Å². The number of carboxylic acid groups (broad SMARTS) is 1. The largest absolute Gasteiger partial charge is 0.545 e. The highest BCUT2D eigenvalue weighted by Crippen LogP contribution is 2.17. The van der Waals surface area contributed by atoms with Gasteiger partial charge in [0.2, 0.25) is 11.8 Å². The third-order valence-electron chi connectivity index (χ3n) is 2.60. The number of aromatic nitrogens is 2. The number of hydrogen-bond donors (Lipinski definition) is 0. The van der Waals surface area contributed by atoms with Crippen molar-refractivity contribution < 1.29 is 24.1 Å². The Labute approximate surface area is 121 Å². The number of aromatic carboxylic acids is 1. The number of nitrogens with zero attached hydrogens (tertiary/aromatic N) is 2. The van der Waals surface area contributed by atoms with Crippen molar-refractivity contribution >= 4 is 5.97 Å². The van der Waals surface area contributed by atoms with Gasteiger partial charge < -0.3 is 24.1 Å². The van der Waals surface area contributed by atoms with Crippen LogP contribution in [0, 0.1) is 0 Å². The fourth-order valence-corrected chi connectivity index (χ4v) is 1.56. The van der Waals surface area contributed by atoms with Crippen molar-refractivity contribution in [2.24, 2.45) is 0 Å². The number of carbonyl (C=O) groups is 1. The van der Waals surface area contributed by atoms with Gasteiger partial charge in [0.15, 0.2) is 5.82 Å². The van der Waals surface area contributed by atoms with Crippen molar-refractivity contribution in [1.82, 2.24) is 9.97 Å². The van der Waals surface area contributed by atoms with Crippen molar-refractivity contribution in [2.75, 3.05) is 14.2 Å². The quantitative estimate of drug-likeness (QED) is 0.761. The summed E-state index contributed by atoms with van der Waals surface area (Å²) in [6, 6.07) is 7.42. The van der Waals surface area contributed by atoms with Gasteiger partial charge in [-0.15, -0.1) is 0 Å². The highest BCUT2D eigenvalue weighted by atomic mass is 16.5. The van der Waals surface area contributed by atoms with Crippen LogP contribution in [0.25, 0.3) is 0 Å². The summed E-state index contributed by atoms with van der Waals surface area (Å²) in [5.41, 5.74) is 0.0849. The molecule has 7 nitrogen and oxygen atoms in total. The predicted octanol–water partition coefficient (Wildman–Crippen LogP) is 0.436. The molecule has 1 aromatic carbocycles. The average Bonchev–Trinajstić information content (AvgIpc) is 2.52. The molecule has 110 valence electrons. The maximum absolute atomic E-state index is 10.6. The molecule has 2 rings (SSSR count). The second kappa shape index (κ2) is 6.56. The molecular formula is C14H13N2O5-. The Bertz CT molecular complexity index is 606. The normalized spacial score (nSPS) is 10.0. The van der Waals surface area contributed by atoms with E-state index in [4.69, 9.17) is 14.2 Å². The Hall–Kier alpha value is -2.83. The Balaban J connectivity index is 2.06. The molecule has 0 aliphatic rings. The highest BCUT2D eigenvalue weighted by molar-refractivity contribution is 5.85. The first-order valence-electron chi connectivity index (χ1n) is 6.02. The molecule has 0 aliphatic carbocycles. The zero-order chi connectivity index (χ0) is 15.2. The van der Waals surface area contributed by atoms with Gasteiger partial charge in [0.05, 0.1) is 26.3 Å². The second-order valence-electron chi connectivity index (χ2n) is 3.97. The molecule has 1 aromatic heterocycles. The zero-order valence-corrected chi connectivity index (χ0v) is 11.5. The molecule has 1 heterocycles. The van der Waals surface area contributed by atoms with Crippen LogP contribution in [0.15, 0.2) is 30.3 Å². The summed E-state index contributed by atoms with van der Waals surface area (Å²) in [6.45, 7) is 0.0955. The van der Waals surface area contributed by atoms with E-state index >= 15 is 0 Å². The lowest BCUT2D eigenvalue weighted by Crippen LogP contribution is -2.21. The summed E-state index contributed by atoms with van der Waals surface area (Å²) in [4.78, 5) is 18.9. The van der Waals surface area contributed by atoms with E-state index in [1.54, 1.807) is 6.07 Å². The molecule has 0 saturated carbocycles. The molecule has 0 radical (unpaired) electrons. The Morgan fingerprint density at radius 3 is 2.14 bits per heavy atom. The SMILES string of the molecule is COc1cc(OC)nc(COc2ccc(C(=O)[O-])cc2)n1. The average molecular weight is 289 g/mol. The summed E-state index contributed by atoms with van der Waals surface area (Å²) >= 11 is 0. The highest BCUT2D eigenvalue weighted by Gasteiger charge is 2.06. The maximum atomic E-state index is 10.6. The second-order valence-corrected chi connectivity index (χ2v) is 3.97. The first kappa shape index (κ1) is 14.6. The van der Waals surface area contributed by atoms with Crippen molar-refractivity contribution in [3.05, 3.63) is 41.7 Å². The van der Waals surface area contributed by atoms with Gasteiger partial charge in [-0.3, -0.25) is 0 Å². The lowest BCUT2D eigenvalue weighted by atomic mass is 10.2. The van der Waals surface area contributed by atoms with Crippen LogP contribution in [0.2, 0.25) is 0 Å². The maximum Gasteiger partial charge on any atom is 0.220 e. The number of carboxylic acids is 1. The Morgan fingerprint density at radius 2 is 1.67 bits per heavy atom. The van der Waals surface area contributed by atoms with Crippen LogP contribution in [0.3, 0.4) is 0 Å². The van der Waals surface area contributed by atoms with Crippen LogP contribution in [0.4, 0.5) is 0 Å². The molecule has 0 spiro atoms. The first-order valence-corrected chi connectivity index (χ1v) is 6.02. The molecule has 0 atom stereocenters. The number of methoxy groups -OCH3 is 2. The molecular weight excluding hydrogens is 276 g/mol. The number of rotatable bonds is 6. The fraction of sp³-hybridized carbons (Fsp3) is 0.214. The van der Waals surface area contributed by atoms with E-state index < -0.39 is 5.97 Å². The summed E-state index contributed by atoms with van der Waals surface area (Å²) in [7, 11) is 2.98. The zero-order valence-electron chi connectivity index (χ0n) is 11.5. The molecule has 2 aromatic rings. The van der Waals surface area contributed by atoms with Gasteiger partial charge in [-0.2, -0.15) is 9.97 Å². The standard InChI is InChI=1S/C14H14N2O5/c1-19-12-7-13(20-2)16-11(15-12)8-21-10-5-3-9(4-6-10)14(17)18/h3-7H,8H2,1-2H3,(H,17,18)/p-1. The minimum Gasteiger partial charge on any atom is -0.545 e. The number of benzene rings is 1. The van der Waals surface area contributed by atoms with Crippen molar-refractivity contribution in [3.63, 3.8) is 0 Å². The molecule has 0 unspecified atom stereocenters. The van der Waals surface area contributed by atoms with Crippen molar-refractivity contribution in [3.8, 4) is 17.5 Å². The van der Waals surface area contributed by atoms with Crippen molar-refractivity contribution in [2.45, 2.75) is 6.61 Å². The fourth-order valence-electron chi connectivity index (χ4n) is 1.56. The number of hydrogen-bond acceptors (Lipinski definition) is 7. The van der Waals surface area contributed by atoms with E-state index in [1.807, 2.05) is 0 Å². The topological polar surface area (TPSA) is 93.6 Å². The first-order chi connectivity index (χ1) is 10.1. The van der Waals surface area contributed by atoms with Gasteiger partial charge in [0, 0.05) is 0 Å². The van der Waals surface area contributed by atoms with Crippen LogP contribution < -0.4 is 19.3 Å². The Morgan fingerprint density at radius 1 is 1.10 bits per heavy atom. The van der Waals surface area contributed by atoms with E-state index in [-0.39, 0.29) is 12.2 Å². The molecule has 0 bridgehead atoms. The summed E-state index contributed by atoms with van der Waals surface area (Å²) in [5.74, 6) is 0.378. The van der Waals surface area contributed by atoms with E-state index in [2.05, 4.69) is 9.97 Å². The molecule has 7 heteroatoms. The van der Waals surface area contributed by atoms with Gasteiger partial charge >= 0.3 is 0 Å². The Kier molecular flexibility index (Phi) is 4.55. The van der Waals surface area contributed by atoms with Gasteiger partial charge in [0.1, 0.15) is 12.4 Å². The lowest BCUT2D eigenvalue weighted by molar-refractivity contribution is -0.255. The summed E-state index contributed by atoms with van der Waals surface area (Å²) in [6.07, 6.45) is 0. The molecule has 0 N–H and O–H groups in total. The molecule has 0 aliphatic heterocycles. The minimum atomic E-state index is -1.23. The summed E-state index contributed by atoms with van der Waals surface area (Å²) < 4.78 is 15.5. The van der Waals surface area contributed by atoms with Gasteiger partial charge in [0.25, 0.3) is 0 Å². The van der Waals surface area contributed by atoms with Crippen LogP contribution in [0.1, 0.15) is 16.2 Å². The minimum absolute atomic E-state index is 0.0849. The molecule has 0 fully saturated rings. The van der Waals surface area contributed by atoms with Crippen LogP contribution in [-0.4, -0.2) is 30.2 Å². The molecule has 0 amide bonds. The van der Waals surface area contributed by atoms with Gasteiger partial charge in [-0.05, 0) is 29.8 Å². The third kappa shape index (κ3) is 3.82. The lowest BCUT2D eigenvalue weighted by Gasteiger charge is -2.09. The van der Waals surface area contributed by atoms with Crippen LogP contribution in [0.5, 0.6) is 17.5 Å². The smallest absolute Gasteiger partial charge is 0.220 e.